The van der Waals surface area contributed by atoms with E-state index < -0.39 is 0 Å². The molecule has 2 aliphatic carbocycles. The summed E-state index contributed by atoms with van der Waals surface area (Å²) in [6.07, 6.45) is 5.93. The maximum atomic E-state index is 9.83. The number of hydrogen-bond acceptors (Lipinski definition) is 4. The SMILES string of the molecule is N#Cc1ccc2c(c1)C1(CCCCC1)c1cccc(-c3ccc(-c4nc(-c5ccc(-c6ccccc6)cc5)nc(-c5ccc(-c6ccccc6)cc5)n4)cc3)c1-2. The molecule has 0 radical (unpaired) electrons. The van der Waals surface area contributed by atoms with Crippen molar-refractivity contribution in [2.75, 3.05) is 0 Å². The summed E-state index contributed by atoms with van der Waals surface area (Å²) in [5.74, 6) is 1.89. The molecule has 0 unspecified atom stereocenters. The van der Waals surface area contributed by atoms with Gasteiger partial charge in [0.15, 0.2) is 17.5 Å². The zero-order chi connectivity index (χ0) is 37.5. The van der Waals surface area contributed by atoms with Gasteiger partial charge in [-0.2, -0.15) is 5.26 Å². The number of hydrogen-bond donors (Lipinski definition) is 0. The van der Waals surface area contributed by atoms with Gasteiger partial charge in [0.1, 0.15) is 0 Å². The zero-order valence-electron chi connectivity index (χ0n) is 31.0. The van der Waals surface area contributed by atoms with Gasteiger partial charge < -0.3 is 0 Å². The van der Waals surface area contributed by atoms with E-state index >= 15 is 0 Å². The maximum absolute atomic E-state index is 9.83. The lowest BCUT2D eigenvalue weighted by Gasteiger charge is -2.36. The van der Waals surface area contributed by atoms with E-state index in [0.717, 1.165) is 51.8 Å². The van der Waals surface area contributed by atoms with Crippen LogP contribution >= 0.6 is 0 Å². The van der Waals surface area contributed by atoms with Crippen molar-refractivity contribution < 1.29 is 0 Å². The smallest absolute Gasteiger partial charge is 0.164 e. The van der Waals surface area contributed by atoms with Gasteiger partial charge >= 0.3 is 0 Å². The van der Waals surface area contributed by atoms with E-state index in [9.17, 15) is 5.26 Å². The molecule has 1 spiro atoms. The molecule has 0 N–H and O–H groups in total. The van der Waals surface area contributed by atoms with Crippen LogP contribution in [0.25, 0.3) is 78.7 Å². The minimum atomic E-state index is -0.0258. The van der Waals surface area contributed by atoms with Gasteiger partial charge in [-0.15, -0.1) is 0 Å². The van der Waals surface area contributed by atoms with Gasteiger partial charge in [0.05, 0.1) is 11.6 Å². The third-order valence-corrected chi connectivity index (χ3v) is 11.8. The summed E-state index contributed by atoms with van der Waals surface area (Å²) in [6, 6.07) is 61.9. The molecule has 0 bridgehead atoms. The van der Waals surface area contributed by atoms with Crippen LogP contribution in [0, 0.1) is 11.3 Å². The lowest BCUT2D eigenvalue weighted by Crippen LogP contribution is -2.28. The molecule has 4 heteroatoms. The highest BCUT2D eigenvalue weighted by Crippen LogP contribution is 2.58. The quantitative estimate of drug-likeness (QED) is 0.172. The summed E-state index contributed by atoms with van der Waals surface area (Å²) >= 11 is 0. The van der Waals surface area contributed by atoms with E-state index in [1.165, 1.54) is 58.2 Å². The van der Waals surface area contributed by atoms with E-state index in [2.05, 4.69) is 158 Å². The summed E-state index contributed by atoms with van der Waals surface area (Å²) in [5, 5.41) is 9.83. The van der Waals surface area contributed by atoms with E-state index in [1.807, 2.05) is 18.2 Å². The molecule has 0 saturated heterocycles. The molecule has 0 atom stereocenters. The van der Waals surface area contributed by atoms with Crippen LogP contribution in [-0.4, -0.2) is 15.0 Å². The minimum absolute atomic E-state index is 0.0258. The first-order valence-corrected chi connectivity index (χ1v) is 19.5. The monoisotopic (exact) mass is 718 g/mol. The Hall–Kier alpha value is -6.96. The van der Waals surface area contributed by atoms with Gasteiger partial charge in [0.2, 0.25) is 0 Å². The molecule has 1 aromatic heterocycles. The van der Waals surface area contributed by atoms with E-state index in [-0.39, 0.29) is 5.41 Å². The lowest BCUT2D eigenvalue weighted by atomic mass is 9.67. The number of nitrogens with zero attached hydrogens (tertiary/aromatic N) is 4. The van der Waals surface area contributed by atoms with E-state index in [1.54, 1.807) is 0 Å². The van der Waals surface area contributed by atoms with Crippen LogP contribution < -0.4 is 0 Å². The predicted octanol–water partition coefficient (Wildman–Crippen LogP) is 13.0. The molecular formula is C52H38N4. The summed E-state index contributed by atoms with van der Waals surface area (Å²) < 4.78 is 0. The molecule has 1 heterocycles. The average molecular weight is 719 g/mol. The summed E-state index contributed by atoms with van der Waals surface area (Å²) in [6.45, 7) is 0. The average Bonchev–Trinajstić information content (AvgIpc) is 3.55. The van der Waals surface area contributed by atoms with Gasteiger partial charge in [-0.05, 0) is 80.6 Å². The molecule has 266 valence electrons. The van der Waals surface area contributed by atoms with Crippen LogP contribution in [0.4, 0.5) is 0 Å². The molecule has 56 heavy (non-hydrogen) atoms. The molecular weight excluding hydrogens is 681 g/mol. The van der Waals surface area contributed by atoms with E-state index in [0.29, 0.717) is 17.5 Å². The fraction of sp³-hybridized carbons (Fsp3) is 0.115. The Labute approximate surface area is 327 Å². The fourth-order valence-electron chi connectivity index (χ4n) is 9.00. The molecule has 1 saturated carbocycles. The number of aromatic nitrogens is 3. The van der Waals surface area contributed by atoms with Crippen LogP contribution in [-0.2, 0) is 5.41 Å². The molecule has 0 amide bonds. The number of nitriles is 1. The molecule has 0 aliphatic heterocycles. The second kappa shape index (κ2) is 14.0. The molecule has 7 aromatic carbocycles. The highest BCUT2D eigenvalue weighted by Gasteiger charge is 2.44. The Morgan fingerprint density at radius 3 is 1.36 bits per heavy atom. The van der Waals surface area contributed by atoms with Crippen molar-refractivity contribution in [1.29, 1.82) is 5.26 Å². The molecule has 2 aliphatic rings. The molecule has 8 aromatic rings. The van der Waals surface area contributed by atoms with Gasteiger partial charge in [-0.1, -0.05) is 177 Å². The summed E-state index contributed by atoms with van der Waals surface area (Å²) in [5.41, 5.74) is 15.8. The highest BCUT2D eigenvalue weighted by molar-refractivity contribution is 5.93. The van der Waals surface area contributed by atoms with Crippen molar-refractivity contribution in [1.82, 2.24) is 15.0 Å². The van der Waals surface area contributed by atoms with Crippen LogP contribution in [0.2, 0.25) is 0 Å². The Kier molecular flexibility index (Phi) is 8.42. The standard InChI is InChI=1S/C52H38N4/c53-34-35-17-30-45-47(33-35)52(31-8-3-9-32-52)46-16-10-15-44(48(45)46)40-22-28-43(29-23-40)51-55-49(41-24-18-38(19-25-41)36-11-4-1-5-12-36)54-50(56-51)42-26-20-39(21-27-42)37-13-6-2-7-14-37/h1-2,4-7,10-30,33H,3,8-9,31-32H2. The van der Waals surface area contributed by atoms with Crippen LogP contribution in [0.5, 0.6) is 0 Å². The third-order valence-electron chi connectivity index (χ3n) is 11.8. The Morgan fingerprint density at radius 1 is 0.393 bits per heavy atom. The van der Waals surface area contributed by atoms with Gasteiger partial charge in [-0.3, -0.25) is 0 Å². The minimum Gasteiger partial charge on any atom is -0.208 e. The predicted molar refractivity (Wildman–Crippen MR) is 226 cm³/mol. The Morgan fingerprint density at radius 2 is 0.857 bits per heavy atom. The number of rotatable bonds is 6. The largest absolute Gasteiger partial charge is 0.208 e. The number of benzene rings is 7. The van der Waals surface area contributed by atoms with Crippen molar-refractivity contribution in [3.63, 3.8) is 0 Å². The second-order valence-corrected chi connectivity index (χ2v) is 15.0. The molecule has 1 fully saturated rings. The topological polar surface area (TPSA) is 62.5 Å². The third kappa shape index (κ3) is 5.90. The normalized spacial score (nSPS) is 13.8. The first-order chi connectivity index (χ1) is 27.7. The first kappa shape index (κ1) is 33.6. The zero-order valence-corrected chi connectivity index (χ0v) is 31.0. The van der Waals surface area contributed by atoms with Crippen molar-refractivity contribution in [2.45, 2.75) is 37.5 Å². The van der Waals surface area contributed by atoms with Gasteiger partial charge in [-0.25, -0.2) is 15.0 Å². The van der Waals surface area contributed by atoms with Crippen molar-refractivity contribution in [2.24, 2.45) is 0 Å². The fourth-order valence-corrected chi connectivity index (χ4v) is 9.00. The maximum Gasteiger partial charge on any atom is 0.164 e. The van der Waals surface area contributed by atoms with Gasteiger partial charge in [0, 0.05) is 22.1 Å². The summed E-state index contributed by atoms with van der Waals surface area (Å²) in [7, 11) is 0. The van der Waals surface area contributed by atoms with Crippen molar-refractivity contribution >= 4 is 0 Å². The first-order valence-electron chi connectivity index (χ1n) is 19.5. The summed E-state index contributed by atoms with van der Waals surface area (Å²) in [4.78, 5) is 15.2. The van der Waals surface area contributed by atoms with Crippen LogP contribution in [0.3, 0.4) is 0 Å². The van der Waals surface area contributed by atoms with Crippen molar-refractivity contribution in [3.8, 4) is 84.7 Å². The van der Waals surface area contributed by atoms with Crippen molar-refractivity contribution in [3.05, 3.63) is 187 Å². The highest BCUT2D eigenvalue weighted by atomic mass is 15.0. The van der Waals surface area contributed by atoms with E-state index in [4.69, 9.17) is 15.0 Å². The lowest BCUT2D eigenvalue weighted by molar-refractivity contribution is 0.353. The number of fused-ring (bicyclic) bond motifs is 5. The Bertz CT molecular complexity index is 2640. The second-order valence-electron chi connectivity index (χ2n) is 15.0. The van der Waals surface area contributed by atoms with Crippen LogP contribution in [0.1, 0.15) is 48.8 Å². The molecule has 10 rings (SSSR count). The van der Waals surface area contributed by atoms with Crippen LogP contribution in [0.15, 0.2) is 170 Å². The molecule has 4 nitrogen and oxygen atoms in total. The van der Waals surface area contributed by atoms with Gasteiger partial charge in [0.25, 0.3) is 0 Å². The Balaban J connectivity index is 1.05.